The molecule has 0 radical (unpaired) electrons. The maximum absolute atomic E-state index is 12.7. The quantitative estimate of drug-likeness (QED) is 0.879. The molecule has 0 aliphatic heterocycles. The molecule has 1 N–H and O–H groups in total. The molecule has 0 aromatic heterocycles. The molecule has 0 saturated heterocycles. The zero-order valence-electron chi connectivity index (χ0n) is 9.97. The lowest BCUT2D eigenvalue weighted by Gasteiger charge is -2.10. The van der Waals surface area contributed by atoms with Gasteiger partial charge in [0.15, 0.2) is 0 Å². The monoisotopic (exact) mass is 246 g/mol. The van der Waals surface area contributed by atoms with Gasteiger partial charge >= 0.3 is 0 Å². The van der Waals surface area contributed by atoms with Crippen LogP contribution in [0.3, 0.4) is 0 Å². The predicted molar refractivity (Wildman–Crippen MR) is 68.0 cm³/mol. The Morgan fingerprint density at radius 3 is 2.44 bits per heavy atom. The molecule has 0 aliphatic carbocycles. The number of para-hydroxylation sites is 1. The highest BCUT2D eigenvalue weighted by molar-refractivity contribution is 5.33. The molecular weight excluding hydrogens is 231 g/mol. The van der Waals surface area contributed by atoms with Crippen LogP contribution in [0.15, 0.2) is 48.5 Å². The van der Waals surface area contributed by atoms with E-state index < -0.39 is 0 Å². The summed E-state index contributed by atoms with van der Waals surface area (Å²) in [4.78, 5) is 0. The van der Waals surface area contributed by atoms with Gasteiger partial charge in [-0.3, -0.25) is 0 Å². The number of benzene rings is 2. The fourth-order valence-corrected chi connectivity index (χ4v) is 1.71. The summed E-state index contributed by atoms with van der Waals surface area (Å²) in [6.45, 7) is 0.486. The van der Waals surface area contributed by atoms with Crippen LogP contribution < -0.4 is 4.74 Å². The first-order valence-corrected chi connectivity index (χ1v) is 5.85. The zero-order chi connectivity index (χ0) is 12.8. The summed E-state index contributed by atoms with van der Waals surface area (Å²) in [6.07, 6.45) is 0.569. The van der Waals surface area contributed by atoms with Gasteiger partial charge < -0.3 is 9.84 Å². The second-order valence-corrected chi connectivity index (χ2v) is 4.00. The Bertz CT molecular complexity index is 494. The molecule has 0 unspecified atom stereocenters. The fourth-order valence-electron chi connectivity index (χ4n) is 1.71. The van der Waals surface area contributed by atoms with Gasteiger partial charge in [0.1, 0.15) is 18.2 Å². The average Bonchev–Trinajstić information content (AvgIpc) is 2.40. The molecule has 2 rings (SSSR count). The van der Waals surface area contributed by atoms with Crippen molar-refractivity contribution in [2.24, 2.45) is 0 Å². The Balaban J connectivity index is 2.03. The highest BCUT2D eigenvalue weighted by Crippen LogP contribution is 2.19. The van der Waals surface area contributed by atoms with Crippen LogP contribution in [0, 0.1) is 5.82 Å². The van der Waals surface area contributed by atoms with E-state index in [1.807, 2.05) is 24.3 Å². The molecule has 94 valence electrons. The third-order valence-corrected chi connectivity index (χ3v) is 2.66. The van der Waals surface area contributed by atoms with E-state index in [4.69, 9.17) is 9.84 Å². The number of hydrogen-bond acceptors (Lipinski definition) is 2. The molecule has 18 heavy (non-hydrogen) atoms. The van der Waals surface area contributed by atoms with Crippen LogP contribution in [0.5, 0.6) is 5.75 Å². The van der Waals surface area contributed by atoms with Gasteiger partial charge in [-0.1, -0.05) is 30.3 Å². The summed E-state index contributed by atoms with van der Waals surface area (Å²) in [7, 11) is 0. The van der Waals surface area contributed by atoms with E-state index >= 15 is 0 Å². The van der Waals surface area contributed by atoms with Crippen LogP contribution in [0.1, 0.15) is 11.1 Å². The fraction of sp³-hybridized carbons (Fsp3) is 0.200. The second kappa shape index (κ2) is 6.17. The highest BCUT2D eigenvalue weighted by atomic mass is 19.1. The van der Waals surface area contributed by atoms with Crippen LogP contribution in [-0.4, -0.2) is 11.7 Å². The Kier molecular flexibility index (Phi) is 4.31. The molecule has 0 spiro atoms. The maximum Gasteiger partial charge on any atom is 0.123 e. The molecule has 0 heterocycles. The smallest absolute Gasteiger partial charge is 0.123 e. The van der Waals surface area contributed by atoms with E-state index in [2.05, 4.69) is 0 Å². The Hall–Kier alpha value is -1.87. The molecular formula is C15H15FO2. The summed E-state index contributed by atoms with van der Waals surface area (Å²) in [5.74, 6) is 0.510. The van der Waals surface area contributed by atoms with E-state index in [-0.39, 0.29) is 12.4 Å². The third-order valence-electron chi connectivity index (χ3n) is 2.66. The molecule has 0 saturated carbocycles. The standard InChI is InChI=1S/C15H15FO2/c16-14-7-5-12(6-8-14)11-18-15-4-2-1-3-13(15)9-10-17/h1-8,17H,9-11H2. The molecule has 3 heteroatoms. The predicted octanol–water partition coefficient (Wildman–Crippen LogP) is 2.94. The number of halogens is 1. The minimum absolute atomic E-state index is 0.0942. The summed E-state index contributed by atoms with van der Waals surface area (Å²) in [5.41, 5.74) is 1.89. The van der Waals surface area contributed by atoms with Gasteiger partial charge in [0.25, 0.3) is 0 Å². The van der Waals surface area contributed by atoms with Crippen molar-refractivity contribution in [2.75, 3.05) is 6.61 Å². The number of ether oxygens (including phenoxy) is 1. The van der Waals surface area contributed by atoms with Gasteiger partial charge in [0, 0.05) is 6.61 Å². The number of aliphatic hydroxyl groups excluding tert-OH is 1. The van der Waals surface area contributed by atoms with Gasteiger partial charge in [0.05, 0.1) is 0 Å². The first kappa shape index (κ1) is 12.6. The summed E-state index contributed by atoms with van der Waals surface area (Å²) >= 11 is 0. The van der Waals surface area contributed by atoms with E-state index in [0.29, 0.717) is 13.0 Å². The van der Waals surface area contributed by atoms with Crippen molar-refractivity contribution in [2.45, 2.75) is 13.0 Å². The molecule has 0 amide bonds. The van der Waals surface area contributed by atoms with Crippen molar-refractivity contribution < 1.29 is 14.2 Å². The van der Waals surface area contributed by atoms with Crippen molar-refractivity contribution in [3.8, 4) is 5.75 Å². The van der Waals surface area contributed by atoms with E-state index in [9.17, 15) is 4.39 Å². The molecule has 0 fully saturated rings. The zero-order valence-corrected chi connectivity index (χ0v) is 9.97. The molecule has 0 aliphatic rings. The Morgan fingerprint density at radius 2 is 1.72 bits per heavy atom. The molecule has 2 aromatic rings. The molecule has 2 aromatic carbocycles. The molecule has 2 nitrogen and oxygen atoms in total. The number of hydrogen-bond donors (Lipinski definition) is 1. The normalized spacial score (nSPS) is 10.3. The van der Waals surface area contributed by atoms with Crippen LogP contribution in [0.2, 0.25) is 0 Å². The van der Waals surface area contributed by atoms with E-state index in [1.54, 1.807) is 12.1 Å². The Morgan fingerprint density at radius 1 is 1.00 bits per heavy atom. The number of aliphatic hydroxyl groups is 1. The highest BCUT2D eigenvalue weighted by Gasteiger charge is 2.02. The van der Waals surface area contributed by atoms with Gasteiger partial charge in [-0.25, -0.2) is 4.39 Å². The van der Waals surface area contributed by atoms with Gasteiger partial charge in [-0.05, 0) is 35.7 Å². The topological polar surface area (TPSA) is 29.5 Å². The third kappa shape index (κ3) is 3.31. The number of rotatable bonds is 5. The SMILES string of the molecule is OCCc1ccccc1OCc1ccc(F)cc1. The minimum atomic E-state index is -0.251. The molecule has 0 bridgehead atoms. The first-order valence-electron chi connectivity index (χ1n) is 5.85. The van der Waals surface area contributed by atoms with Crippen LogP contribution in [0.25, 0.3) is 0 Å². The van der Waals surface area contributed by atoms with Crippen molar-refractivity contribution in [3.63, 3.8) is 0 Å². The van der Waals surface area contributed by atoms with Gasteiger partial charge in [-0.15, -0.1) is 0 Å². The van der Waals surface area contributed by atoms with Crippen molar-refractivity contribution in [1.82, 2.24) is 0 Å². The summed E-state index contributed by atoms with van der Waals surface area (Å²) in [5, 5.41) is 8.96. The first-order chi connectivity index (χ1) is 8.79. The van der Waals surface area contributed by atoms with Gasteiger partial charge in [-0.2, -0.15) is 0 Å². The average molecular weight is 246 g/mol. The van der Waals surface area contributed by atoms with E-state index in [0.717, 1.165) is 16.9 Å². The van der Waals surface area contributed by atoms with E-state index in [1.165, 1.54) is 12.1 Å². The van der Waals surface area contributed by atoms with Gasteiger partial charge in [0.2, 0.25) is 0 Å². The molecule has 0 atom stereocenters. The lowest BCUT2D eigenvalue weighted by molar-refractivity contribution is 0.284. The second-order valence-electron chi connectivity index (χ2n) is 4.00. The van der Waals surface area contributed by atoms with Crippen molar-refractivity contribution in [3.05, 3.63) is 65.5 Å². The maximum atomic E-state index is 12.7. The minimum Gasteiger partial charge on any atom is -0.489 e. The van der Waals surface area contributed by atoms with Crippen LogP contribution in [0.4, 0.5) is 4.39 Å². The lowest BCUT2D eigenvalue weighted by Crippen LogP contribution is -2.00. The summed E-state index contributed by atoms with van der Waals surface area (Å²) < 4.78 is 18.4. The lowest BCUT2D eigenvalue weighted by atomic mass is 10.1. The van der Waals surface area contributed by atoms with Crippen LogP contribution in [-0.2, 0) is 13.0 Å². The Labute approximate surface area is 106 Å². The summed E-state index contributed by atoms with van der Waals surface area (Å²) in [6, 6.07) is 13.8. The van der Waals surface area contributed by atoms with Crippen molar-refractivity contribution in [1.29, 1.82) is 0 Å². The van der Waals surface area contributed by atoms with Crippen LogP contribution >= 0.6 is 0 Å². The van der Waals surface area contributed by atoms with Crippen molar-refractivity contribution >= 4 is 0 Å². The largest absolute Gasteiger partial charge is 0.489 e.